The molecule has 3 N–H and O–H groups in total. The minimum atomic E-state index is -0.0340. The Kier molecular flexibility index (Phi) is 5.11. The van der Waals surface area contributed by atoms with Gasteiger partial charge in [-0.2, -0.15) is 0 Å². The van der Waals surface area contributed by atoms with Crippen molar-refractivity contribution in [1.29, 1.82) is 0 Å². The third kappa shape index (κ3) is 3.92. The van der Waals surface area contributed by atoms with Gasteiger partial charge in [0.1, 0.15) is 11.6 Å². The fraction of sp³-hybridized carbons (Fsp3) is 0.375. The maximum Gasteiger partial charge on any atom is 0.163 e. The Labute approximate surface area is 125 Å². The molecule has 0 unspecified atom stereocenters. The van der Waals surface area contributed by atoms with Crippen molar-refractivity contribution >= 4 is 11.6 Å². The minimum absolute atomic E-state index is 0.0340. The van der Waals surface area contributed by atoms with Gasteiger partial charge in [0.05, 0.1) is 12.6 Å². The third-order valence-corrected chi connectivity index (χ3v) is 3.35. The molecule has 112 valence electrons. The molecule has 0 aliphatic rings. The van der Waals surface area contributed by atoms with E-state index >= 15 is 0 Å². The van der Waals surface area contributed by atoms with Crippen LogP contribution in [0.25, 0.3) is 11.4 Å². The summed E-state index contributed by atoms with van der Waals surface area (Å²) in [4.78, 5) is 9.02. The van der Waals surface area contributed by atoms with E-state index in [1.807, 2.05) is 43.4 Å². The van der Waals surface area contributed by atoms with Gasteiger partial charge < -0.3 is 15.7 Å². The maximum absolute atomic E-state index is 9.45. The van der Waals surface area contributed by atoms with Gasteiger partial charge in [-0.05, 0) is 5.92 Å². The average molecular weight is 286 g/mol. The monoisotopic (exact) mass is 286 g/mol. The third-order valence-electron chi connectivity index (χ3n) is 3.35. The molecule has 0 saturated carbocycles. The minimum Gasteiger partial charge on any atom is -0.394 e. The van der Waals surface area contributed by atoms with E-state index in [4.69, 9.17) is 0 Å². The van der Waals surface area contributed by atoms with Crippen LogP contribution >= 0.6 is 0 Å². The smallest absolute Gasteiger partial charge is 0.163 e. The summed E-state index contributed by atoms with van der Waals surface area (Å²) >= 11 is 0. The predicted octanol–water partition coefficient (Wildman–Crippen LogP) is 2.61. The van der Waals surface area contributed by atoms with E-state index in [0.717, 1.165) is 11.4 Å². The molecule has 0 amide bonds. The molecule has 5 nitrogen and oxygen atoms in total. The summed E-state index contributed by atoms with van der Waals surface area (Å²) < 4.78 is 0. The van der Waals surface area contributed by atoms with Gasteiger partial charge in [-0.15, -0.1) is 0 Å². The van der Waals surface area contributed by atoms with Crippen molar-refractivity contribution in [2.45, 2.75) is 19.9 Å². The second kappa shape index (κ2) is 7.04. The molecule has 1 aromatic carbocycles. The SMILES string of the molecule is CNc1cc(N[C@H](CO)C(C)C)nc(-c2ccccc2)n1. The summed E-state index contributed by atoms with van der Waals surface area (Å²) in [5.41, 5.74) is 0.961. The number of anilines is 2. The highest BCUT2D eigenvalue weighted by atomic mass is 16.3. The van der Waals surface area contributed by atoms with E-state index in [1.165, 1.54) is 0 Å². The van der Waals surface area contributed by atoms with E-state index in [9.17, 15) is 5.11 Å². The highest BCUT2D eigenvalue weighted by molar-refractivity contribution is 5.61. The Balaban J connectivity index is 2.34. The van der Waals surface area contributed by atoms with Crippen LogP contribution in [-0.2, 0) is 0 Å². The lowest BCUT2D eigenvalue weighted by molar-refractivity contribution is 0.249. The number of aliphatic hydroxyl groups is 1. The van der Waals surface area contributed by atoms with Gasteiger partial charge in [0.15, 0.2) is 5.82 Å². The number of rotatable bonds is 6. The molecule has 0 aliphatic carbocycles. The quantitative estimate of drug-likeness (QED) is 0.761. The van der Waals surface area contributed by atoms with Gasteiger partial charge in [0.25, 0.3) is 0 Å². The molecule has 0 bridgehead atoms. The van der Waals surface area contributed by atoms with Crippen LogP contribution in [-0.4, -0.2) is 34.8 Å². The van der Waals surface area contributed by atoms with Gasteiger partial charge in [-0.3, -0.25) is 0 Å². The summed E-state index contributed by atoms with van der Waals surface area (Å²) in [6.07, 6.45) is 0. The van der Waals surface area contributed by atoms with Gasteiger partial charge in [0.2, 0.25) is 0 Å². The van der Waals surface area contributed by atoms with E-state index in [0.29, 0.717) is 17.6 Å². The first-order valence-electron chi connectivity index (χ1n) is 7.13. The second-order valence-electron chi connectivity index (χ2n) is 5.26. The Morgan fingerprint density at radius 3 is 2.33 bits per heavy atom. The van der Waals surface area contributed by atoms with Crippen LogP contribution in [0.2, 0.25) is 0 Å². The van der Waals surface area contributed by atoms with Gasteiger partial charge >= 0.3 is 0 Å². The van der Waals surface area contributed by atoms with Crippen LogP contribution in [0.15, 0.2) is 36.4 Å². The van der Waals surface area contributed by atoms with Crippen molar-refractivity contribution in [2.24, 2.45) is 5.92 Å². The summed E-state index contributed by atoms with van der Waals surface area (Å²) in [5, 5.41) is 15.8. The number of nitrogens with zero attached hydrogens (tertiary/aromatic N) is 2. The highest BCUT2D eigenvalue weighted by Crippen LogP contribution is 2.21. The van der Waals surface area contributed by atoms with Crippen molar-refractivity contribution in [2.75, 3.05) is 24.3 Å². The summed E-state index contributed by atoms with van der Waals surface area (Å²) in [5.74, 6) is 2.42. The zero-order chi connectivity index (χ0) is 15.2. The number of nitrogens with one attached hydrogen (secondary N) is 2. The van der Waals surface area contributed by atoms with Crippen LogP contribution in [0.3, 0.4) is 0 Å². The van der Waals surface area contributed by atoms with Crippen molar-refractivity contribution in [3.8, 4) is 11.4 Å². The molecule has 2 rings (SSSR count). The van der Waals surface area contributed by atoms with Crippen molar-refractivity contribution in [3.05, 3.63) is 36.4 Å². The standard InChI is InChI=1S/C16H22N4O/c1-11(2)13(10-21)18-15-9-14(17-3)19-16(20-15)12-7-5-4-6-8-12/h4-9,11,13,21H,10H2,1-3H3,(H2,17,18,19,20)/t13-/m1/s1. The Morgan fingerprint density at radius 2 is 1.76 bits per heavy atom. The molecule has 0 radical (unpaired) electrons. The number of hydrogen-bond acceptors (Lipinski definition) is 5. The summed E-state index contributed by atoms with van der Waals surface area (Å²) in [6.45, 7) is 4.19. The molecule has 1 heterocycles. The zero-order valence-corrected chi connectivity index (χ0v) is 12.7. The molecular weight excluding hydrogens is 264 g/mol. The zero-order valence-electron chi connectivity index (χ0n) is 12.7. The van der Waals surface area contributed by atoms with Crippen molar-refractivity contribution < 1.29 is 5.11 Å². The van der Waals surface area contributed by atoms with Crippen LogP contribution in [0.1, 0.15) is 13.8 Å². The lowest BCUT2D eigenvalue weighted by Gasteiger charge is -2.21. The molecule has 2 aromatic rings. The molecule has 5 heteroatoms. The molecule has 1 aromatic heterocycles. The topological polar surface area (TPSA) is 70.1 Å². The number of hydrogen-bond donors (Lipinski definition) is 3. The summed E-state index contributed by atoms with van der Waals surface area (Å²) in [6, 6.07) is 11.6. The van der Waals surface area contributed by atoms with Crippen LogP contribution in [0.5, 0.6) is 0 Å². The lowest BCUT2D eigenvalue weighted by atomic mass is 10.1. The molecule has 0 saturated heterocycles. The number of aromatic nitrogens is 2. The first kappa shape index (κ1) is 15.3. The fourth-order valence-electron chi connectivity index (χ4n) is 1.98. The van der Waals surface area contributed by atoms with Crippen LogP contribution < -0.4 is 10.6 Å². The number of benzene rings is 1. The van der Waals surface area contributed by atoms with Crippen LogP contribution in [0, 0.1) is 5.92 Å². The van der Waals surface area contributed by atoms with Gasteiger partial charge in [-0.1, -0.05) is 44.2 Å². The average Bonchev–Trinajstić information content (AvgIpc) is 2.52. The Hall–Kier alpha value is -2.14. The van der Waals surface area contributed by atoms with Crippen molar-refractivity contribution in [1.82, 2.24) is 9.97 Å². The fourth-order valence-corrected chi connectivity index (χ4v) is 1.98. The molecule has 0 spiro atoms. The molecule has 1 atom stereocenters. The predicted molar refractivity (Wildman–Crippen MR) is 86.3 cm³/mol. The molecule has 0 fully saturated rings. The van der Waals surface area contributed by atoms with Gasteiger partial charge in [0, 0.05) is 18.7 Å². The first-order valence-corrected chi connectivity index (χ1v) is 7.13. The maximum atomic E-state index is 9.45. The van der Waals surface area contributed by atoms with E-state index in [1.54, 1.807) is 0 Å². The first-order chi connectivity index (χ1) is 10.1. The number of aliphatic hydroxyl groups excluding tert-OH is 1. The largest absolute Gasteiger partial charge is 0.394 e. The Morgan fingerprint density at radius 1 is 1.10 bits per heavy atom. The highest BCUT2D eigenvalue weighted by Gasteiger charge is 2.14. The van der Waals surface area contributed by atoms with E-state index < -0.39 is 0 Å². The Bertz CT molecular complexity index is 572. The molecular formula is C16H22N4O. The van der Waals surface area contributed by atoms with Crippen LogP contribution in [0.4, 0.5) is 11.6 Å². The normalized spacial score (nSPS) is 12.2. The van der Waals surface area contributed by atoms with E-state index in [-0.39, 0.29) is 12.6 Å². The molecule has 21 heavy (non-hydrogen) atoms. The lowest BCUT2D eigenvalue weighted by Crippen LogP contribution is -2.30. The van der Waals surface area contributed by atoms with Crippen molar-refractivity contribution in [3.63, 3.8) is 0 Å². The van der Waals surface area contributed by atoms with Gasteiger partial charge in [-0.25, -0.2) is 9.97 Å². The summed E-state index contributed by atoms with van der Waals surface area (Å²) in [7, 11) is 1.83. The second-order valence-corrected chi connectivity index (χ2v) is 5.26. The van der Waals surface area contributed by atoms with E-state index in [2.05, 4.69) is 34.4 Å². The molecule has 0 aliphatic heterocycles.